The smallest absolute Gasteiger partial charge is 0.419 e. The molecule has 0 amide bonds. The van der Waals surface area contributed by atoms with Gasteiger partial charge in [-0.15, -0.1) is 0 Å². The van der Waals surface area contributed by atoms with Gasteiger partial charge in [0.1, 0.15) is 11.9 Å². The van der Waals surface area contributed by atoms with E-state index in [9.17, 15) is 23.1 Å². The average Bonchev–Trinajstić information content (AvgIpc) is 3.49. The van der Waals surface area contributed by atoms with Crippen LogP contribution in [-0.4, -0.2) is 69.8 Å². The van der Waals surface area contributed by atoms with E-state index in [1.165, 1.54) is 22.9 Å². The fourth-order valence-corrected chi connectivity index (χ4v) is 5.76. The summed E-state index contributed by atoms with van der Waals surface area (Å²) in [5.41, 5.74) is 6.62. The van der Waals surface area contributed by atoms with Gasteiger partial charge >= 0.3 is 12.1 Å². The fourth-order valence-electron chi connectivity index (χ4n) is 5.42. The number of nitrogens with one attached hydrogen (secondary N) is 2. The lowest BCUT2D eigenvalue weighted by Crippen LogP contribution is -2.48. The van der Waals surface area contributed by atoms with Crippen molar-refractivity contribution in [1.82, 2.24) is 25.3 Å². The van der Waals surface area contributed by atoms with E-state index in [0.29, 0.717) is 42.0 Å². The molecule has 2 fully saturated rings. The maximum absolute atomic E-state index is 14.4. The second-order valence-electron chi connectivity index (χ2n) is 10.2. The van der Waals surface area contributed by atoms with Crippen LogP contribution in [-0.2, 0) is 9.53 Å². The second-order valence-corrected chi connectivity index (χ2v) is 11.1. The number of aryl methyl sites for hydroxylation is 1. The number of benzene rings is 1. The van der Waals surface area contributed by atoms with E-state index >= 15 is 0 Å². The summed E-state index contributed by atoms with van der Waals surface area (Å²) in [7, 11) is 0. The molecule has 1 aromatic heterocycles. The zero-order valence-electron chi connectivity index (χ0n) is 21.1. The second kappa shape index (κ2) is 10.5. The molecule has 14 heteroatoms. The number of carboxylic acids is 1. The number of guanidine groups is 1. The van der Waals surface area contributed by atoms with Crippen LogP contribution in [0.4, 0.5) is 13.2 Å². The van der Waals surface area contributed by atoms with Crippen LogP contribution in [0.1, 0.15) is 36.6 Å². The summed E-state index contributed by atoms with van der Waals surface area (Å²) in [4.78, 5) is 17.4. The largest absolute Gasteiger partial charge is 0.480 e. The monoisotopic (exact) mass is 611 g/mol. The Morgan fingerprint density at radius 1 is 1.31 bits per heavy atom. The van der Waals surface area contributed by atoms with Gasteiger partial charge in [-0.2, -0.15) is 18.3 Å². The zero-order chi connectivity index (χ0) is 27.9. The van der Waals surface area contributed by atoms with Crippen molar-refractivity contribution < 1.29 is 27.8 Å². The quantitative estimate of drug-likeness (QED) is 0.392. The summed E-state index contributed by atoms with van der Waals surface area (Å²) in [5, 5.41) is 19.6. The lowest BCUT2D eigenvalue weighted by molar-refractivity contribution is -0.231. The summed E-state index contributed by atoms with van der Waals surface area (Å²) in [5.74, 6) is -0.389. The highest BCUT2D eigenvalue weighted by atomic mass is 79.9. The number of alkyl halides is 3. The maximum Gasteiger partial charge on any atom is 0.419 e. The molecule has 3 aliphatic heterocycles. The summed E-state index contributed by atoms with van der Waals surface area (Å²) in [6.45, 7) is 3.55. The minimum Gasteiger partial charge on any atom is -0.480 e. The van der Waals surface area contributed by atoms with Gasteiger partial charge in [-0.05, 0) is 49.8 Å². The van der Waals surface area contributed by atoms with Crippen molar-refractivity contribution >= 4 is 27.9 Å². The molecule has 5 rings (SSSR count). The number of aliphatic carboxylic acids is 1. The Balaban J connectivity index is 1.36. The molecule has 0 aliphatic carbocycles. The number of likely N-dealkylation sites (tertiary alicyclic amines) is 1. The van der Waals surface area contributed by atoms with Crippen LogP contribution >= 0.6 is 15.9 Å². The van der Waals surface area contributed by atoms with Gasteiger partial charge in [-0.3, -0.25) is 4.79 Å². The highest BCUT2D eigenvalue weighted by molar-refractivity contribution is 9.10. The Morgan fingerprint density at radius 2 is 2.05 bits per heavy atom. The van der Waals surface area contributed by atoms with Crippen molar-refractivity contribution in [3.05, 3.63) is 58.1 Å². The normalized spacial score (nSPS) is 23.8. The first-order chi connectivity index (χ1) is 18.4. The SMILES string of the molecule is Cc1ccn(-c2cc(Br)ccc2[C@@H](OC2C=C(N3CCC4(CC3)CN[C@H](C(=O)O)C4)NC(N)=N2)C(F)(F)F)n1. The number of halogens is 4. The molecule has 2 saturated heterocycles. The van der Waals surface area contributed by atoms with Gasteiger partial charge in [0.2, 0.25) is 0 Å². The molecule has 1 aromatic carbocycles. The highest BCUT2D eigenvalue weighted by Crippen LogP contribution is 2.42. The number of carbonyl (C=O) groups is 1. The van der Waals surface area contributed by atoms with E-state index < -0.39 is 30.5 Å². The first kappa shape index (κ1) is 27.5. The van der Waals surface area contributed by atoms with Gasteiger partial charge in [0.25, 0.3) is 0 Å². The number of nitrogens with zero attached hydrogens (tertiary/aromatic N) is 4. The van der Waals surface area contributed by atoms with E-state index in [1.807, 2.05) is 4.90 Å². The summed E-state index contributed by atoms with van der Waals surface area (Å²) in [6.07, 6.45) is -3.22. The third-order valence-electron chi connectivity index (χ3n) is 7.46. The number of aromatic nitrogens is 2. The molecule has 1 spiro atoms. The number of hydrogen-bond acceptors (Lipinski definition) is 8. The molecule has 0 saturated carbocycles. The van der Waals surface area contributed by atoms with Crippen molar-refractivity contribution in [2.24, 2.45) is 16.1 Å². The molecule has 5 N–H and O–H groups in total. The molecular formula is C25H29BrF3N7O3. The molecule has 3 atom stereocenters. The lowest BCUT2D eigenvalue weighted by Gasteiger charge is -2.41. The number of nitrogens with two attached hydrogens (primary N) is 1. The van der Waals surface area contributed by atoms with Crippen molar-refractivity contribution in [3.63, 3.8) is 0 Å². The van der Waals surface area contributed by atoms with Crippen molar-refractivity contribution in [3.8, 4) is 5.69 Å². The van der Waals surface area contributed by atoms with Crippen molar-refractivity contribution in [2.45, 2.75) is 50.7 Å². The van der Waals surface area contributed by atoms with Crippen LogP contribution < -0.4 is 16.4 Å². The minimum atomic E-state index is -4.75. The van der Waals surface area contributed by atoms with Gasteiger partial charge < -0.3 is 31.1 Å². The summed E-state index contributed by atoms with van der Waals surface area (Å²) >= 11 is 3.33. The summed E-state index contributed by atoms with van der Waals surface area (Å²) < 4.78 is 50.9. The number of hydrogen-bond donors (Lipinski definition) is 4. The van der Waals surface area contributed by atoms with Gasteiger partial charge in [0, 0.05) is 41.9 Å². The van der Waals surface area contributed by atoms with E-state index in [-0.39, 0.29) is 22.6 Å². The van der Waals surface area contributed by atoms with Crippen LogP contribution in [0.25, 0.3) is 5.69 Å². The number of aliphatic imine (C=N–C) groups is 1. The topological polar surface area (TPSA) is 130 Å². The molecule has 2 aromatic rings. The number of piperidine rings is 1. The van der Waals surface area contributed by atoms with Crippen LogP contribution in [0.3, 0.4) is 0 Å². The van der Waals surface area contributed by atoms with Crippen LogP contribution in [0.5, 0.6) is 0 Å². The molecular weight excluding hydrogens is 583 g/mol. The van der Waals surface area contributed by atoms with Gasteiger partial charge in [0.05, 0.1) is 11.4 Å². The van der Waals surface area contributed by atoms with E-state index in [0.717, 1.165) is 12.8 Å². The Hall–Kier alpha value is -3.10. The Bertz CT molecular complexity index is 1300. The van der Waals surface area contributed by atoms with Crippen LogP contribution in [0.2, 0.25) is 0 Å². The molecule has 1 unspecified atom stereocenters. The fraction of sp³-hybridized carbons (Fsp3) is 0.480. The summed E-state index contributed by atoms with van der Waals surface area (Å²) in [6, 6.07) is 5.58. The van der Waals surface area contributed by atoms with Gasteiger partial charge in [-0.1, -0.05) is 22.0 Å². The predicted octanol–water partition coefficient (Wildman–Crippen LogP) is 3.18. The average molecular weight is 612 g/mol. The zero-order valence-corrected chi connectivity index (χ0v) is 22.7. The molecule has 0 radical (unpaired) electrons. The molecule has 210 valence electrons. The molecule has 4 heterocycles. The third kappa shape index (κ3) is 5.92. The molecule has 10 nitrogen and oxygen atoms in total. The molecule has 3 aliphatic rings. The van der Waals surface area contributed by atoms with Gasteiger partial charge in [-0.25, -0.2) is 9.67 Å². The standard InChI is InChI=1S/C25H29BrF3N7O3/c1-14-4-7-36(34-14)18-10-15(26)2-3-16(18)21(25(27,28)29)39-20-11-19(32-23(30)33-20)35-8-5-24(6-9-35)12-17(22(37)38)31-13-24/h2-4,7,10-11,17,20-21,31H,5-6,8-9,12-13H2,1H3,(H,37,38)(H3,30,32,33)/t17-,20?,21+/m0/s1. The predicted molar refractivity (Wildman–Crippen MR) is 140 cm³/mol. The van der Waals surface area contributed by atoms with Crippen LogP contribution in [0.15, 0.2) is 51.8 Å². The number of rotatable bonds is 6. The molecule has 39 heavy (non-hydrogen) atoms. The highest BCUT2D eigenvalue weighted by Gasteiger charge is 2.46. The molecule has 0 bridgehead atoms. The Labute approximate surface area is 231 Å². The Kier molecular flexibility index (Phi) is 7.37. The Morgan fingerprint density at radius 3 is 2.67 bits per heavy atom. The first-order valence-corrected chi connectivity index (χ1v) is 13.3. The van der Waals surface area contributed by atoms with Gasteiger partial charge in [0.15, 0.2) is 18.3 Å². The number of ether oxygens (including phenoxy) is 1. The third-order valence-corrected chi connectivity index (χ3v) is 7.96. The van der Waals surface area contributed by atoms with Crippen molar-refractivity contribution in [2.75, 3.05) is 19.6 Å². The van der Waals surface area contributed by atoms with E-state index in [4.69, 9.17) is 10.5 Å². The maximum atomic E-state index is 14.4. The number of carboxylic acid groups (broad SMARTS) is 1. The van der Waals surface area contributed by atoms with Crippen LogP contribution in [0, 0.1) is 12.3 Å². The van der Waals surface area contributed by atoms with E-state index in [2.05, 4.69) is 36.7 Å². The lowest BCUT2D eigenvalue weighted by atomic mass is 9.76. The minimum absolute atomic E-state index is 0.0501. The first-order valence-electron chi connectivity index (χ1n) is 12.5. The van der Waals surface area contributed by atoms with E-state index in [1.54, 1.807) is 25.3 Å². The van der Waals surface area contributed by atoms with Crippen molar-refractivity contribution in [1.29, 1.82) is 0 Å².